The van der Waals surface area contributed by atoms with E-state index in [0.29, 0.717) is 10.7 Å². The molecule has 2 heterocycles. The molecule has 4 rings (SSSR count). The summed E-state index contributed by atoms with van der Waals surface area (Å²) in [6.07, 6.45) is 3.39. The van der Waals surface area contributed by atoms with Crippen LogP contribution in [0.1, 0.15) is 17.0 Å². The highest BCUT2D eigenvalue weighted by molar-refractivity contribution is 6.31. The molecule has 6 heteroatoms. The van der Waals surface area contributed by atoms with Crippen LogP contribution in [0, 0.1) is 25.2 Å². The summed E-state index contributed by atoms with van der Waals surface area (Å²) >= 11 is 5.97. The predicted octanol–water partition coefficient (Wildman–Crippen LogP) is 5.84. The summed E-state index contributed by atoms with van der Waals surface area (Å²) in [6, 6.07) is 20.8. The molecule has 0 saturated heterocycles. The van der Waals surface area contributed by atoms with E-state index in [0.717, 1.165) is 33.5 Å². The van der Waals surface area contributed by atoms with E-state index in [1.165, 1.54) is 0 Å². The van der Waals surface area contributed by atoms with E-state index in [1.807, 2.05) is 50.2 Å². The van der Waals surface area contributed by atoms with Gasteiger partial charge in [-0.25, -0.2) is 0 Å². The van der Waals surface area contributed by atoms with Gasteiger partial charge in [-0.2, -0.15) is 5.26 Å². The van der Waals surface area contributed by atoms with Crippen LogP contribution < -0.4 is 5.32 Å². The highest BCUT2D eigenvalue weighted by Gasteiger charge is 2.14. The van der Waals surface area contributed by atoms with Crippen molar-refractivity contribution in [3.05, 3.63) is 94.4 Å². The highest BCUT2D eigenvalue weighted by Crippen LogP contribution is 2.25. The molecular formula is C25H19ClN4O. The number of nitrogens with zero attached hydrogens (tertiary/aromatic N) is 3. The maximum absolute atomic E-state index is 12.6. The van der Waals surface area contributed by atoms with Crippen LogP contribution in [0.15, 0.2) is 72.4 Å². The van der Waals surface area contributed by atoms with Gasteiger partial charge in [-0.3, -0.25) is 9.78 Å². The Morgan fingerprint density at radius 2 is 1.97 bits per heavy atom. The molecule has 0 aliphatic heterocycles. The maximum atomic E-state index is 12.6. The van der Waals surface area contributed by atoms with E-state index >= 15 is 0 Å². The number of carbonyl (C=O) groups excluding carboxylic acids is 1. The normalized spacial score (nSPS) is 11.4. The van der Waals surface area contributed by atoms with Crippen molar-refractivity contribution in [2.75, 3.05) is 5.32 Å². The van der Waals surface area contributed by atoms with E-state index in [-0.39, 0.29) is 5.57 Å². The summed E-state index contributed by atoms with van der Waals surface area (Å²) in [6.45, 7) is 3.96. The Balaban J connectivity index is 1.68. The summed E-state index contributed by atoms with van der Waals surface area (Å²) in [4.78, 5) is 17.0. The highest BCUT2D eigenvalue weighted by atomic mass is 35.5. The van der Waals surface area contributed by atoms with Crippen LogP contribution >= 0.6 is 11.6 Å². The smallest absolute Gasteiger partial charge is 0.266 e. The molecule has 0 atom stereocenters. The Hall–Kier alpha value is -3.88. The second-order valence-corrected chi connectivity index (χ2v) is 7.61. The van der Waals surface area contributed by atoms with Gasteiger partial charge in [0.1, 0.15) is 11.6 Å². The number of carbonyl (C=O) groups is 1. The Morgan fingerprint density at radius 3 is 2.74 bits per heavy atom. The van der Waals surface area contributed by atoms with Gasteiger partial charge < -0.3 is 9.88 Å². The minimum absolute atomic E-state index is 0.0166. The first-order chi connectivity index (χ1) is 15.0. The molecule has 0 aliphatic carbocycles. The second kappa shape index (κ2) is 8.47. The van der Waals surface area contributed by atoms with Crippen molar-refractivity contribution in [2.45, 2.75) is 13.8 Å². The summed E-state index contributed by atoms with van der Waals surface area (Å²) in [5.74, 6) is -0.480. The number of benzene rings is 2. The average Bonchev–Trinajstić information content (AvgIpc) is 3.04. The number of nitriles is 1. The standard InChI is InChI=1S/C25H19ClN4O/c1-16-11-19(12-20(15-27)25(31)29-22-7-3-6-21(26)14-22)17(2)30(16)23-8-9-24-18(13-23)5-4-10-28-24/h3-14H,1-2H3,(H,29,31)/b20-12-. The number of halogens is 1. The molecule has 31 heavy (non-hydrogen) atoms. The lowest BCUT2D eigenvalue weighted by molar-refractivity contribution is -0.112. The van der Waals surface area contributed by atoms with Crippen molar-refractivity contribution in [1.82, 2.24) is 9.55 Å². The molecule has 0 spiro atoms. The molecule has 152 valence electrons. The van der Waals surface area contributed by atoms with Gasteiger partial charge in [-0.1, -0.05) is 23.7 Å². The van der Waals surface area contributed by atoms with Gasteiger partial charge in [0.15, 0.2) is 0 Å². The quantitative estimate of drug-likeness (QED) is 0.329. The third kappa shape index (κ3) is 4.20. The molecule has 0 fully saturated rings. The fourth-order valence-electron chi connectivity index (χ4n) is 3.60. The number of nitrogens with one attached hydrogen (secondary N) is 1. The maximum Gasteiger partial charge on any atom is 0.266 e. The number of fused-ring (bicyclic) bond motifs is 1. The predicted molar refractivity (Wildman–Crippen MR) is 124 cm³/mol. The Labute approximate surface area is 185 Å². The van der Waals surface area contributed by atoms with Gasteiger partial charge in [-0.05, 0) is 74.0 Å². The van der Waals surface area contributed by atoms with Crippen molar-refractivity contribution in [1.29, 1.82) is 5.26 Å². The van der Waals surface area contributed by atoms with Gasteiger partial charge in [0, 0.05) is 39.4 Å². The molecule has 5 nitrogen and oxygen atoms in total. The van der Waals surface area contributed by atoms with Crippen LogP contribution in [-0.2, 0) is 4.79 Å². The number of rotatable bonds is 4. The monoisotopic (exact) mass is 426 g/mol. The summed E-state index contributed by atoms with van der Waals surface area (Å²) in [5, 5.41) is 13.8. The SMILES string of the molecule is Cc1cc(/C=C(/C#N)C(=O)Nc2cccc(Cl)c2)c(C)n1-c1ccc2ncccc2c1. The van der Waals surface area contributed by atoms with Crippen molar-refractivity contribution in [3.63, 3.8) is 0 Å². The first kappa shape index (κ1) is 20.4. The zero-order valence-electron chi connectivity index (χ0n) is 17.1. The van der Waals surface area contributed by atoms with Crippen molar-refractivity contribution >= 4 is 40.2 Å². The van der Waals surface area contributed by atoms with Crippen molar-refractivity contribution in [2.24, 2.45) is 0 Å². The number of aryl methyl sites for hydroxylation is 1. The molecule has 2 aromatic carbocycles. The van der Waals surface area contributed by atoms with Crippen LogP contribution in [-0.4, -0.2) is 15.5 Å². The van der Waals surface area contributed by atoms with Crippen LogP contribution in [0.25, 0.3) is 22.7 Å². The van der Waals surface area contributed by atoms with Crippen LogP contribution in [0.3, 0.4) is 0 Å². The number of hydrogen-bond acceptors (Lipinski definition) is 3. The number of hydrogen-bond donors (Lipinski definition) is 1. The molecular weight excluding hydrogens is 408 g/mol. The van der Waals surface area contributed by atoms with Gasteiger partial charge in [0.25, 0.3) is 5.91 Å². The Bertz CT molecular complexity index is 1380. The van der Waals surface area contributed by atoms with E-state index in [1.54, 1.807) is 36.5 Å². The average molecular weight is 427 g/mol. The van der Waals surface area contributed by atoms with Gasteiger partial charge in [0.05, 0.1) is 5.52 Å². The van der Waals surface area contributed by atoms with E-state index in [9.17, 15) is 10.1 Å². The summed E-state index contributed by atoms with van der Waals surface area (Å²) in [5.41, 5.74) is 5.22. The molecule has 0 unspecified atom stereocenters. The zero-order valence-corrected chi connectivity index (χ0v) is 17.8. The molecule has 1 amide bonds. The van der Waals surface area contributed by atoms with E-state index in [2.05, 4.69) is 20.9 Å². The molecule has 0 aliphatic rings. The van der Waals surface area contributed by atoms with Gasteiger partial charge in [0.2, 0.25) is 0 Å². The Kier molecular flexibility index (Phi) is 5.57. The summed E-state index contributed by atoms with van der Waals surface area (Å²) < 4.78 is 2.10. The fraction of sp³-hybridized carbons (Fsp3) is 0.0800. The molecule has 2 aromatic heterocycles. The molecule has 1 N–H and O–H groups in total. The lowest BCUT2D eigenvalue weighted by Crippen LogP contribution is -2.13. The summed E-state index contributed by atoms with van der Waals surface area (Å²) in [7, 11) is 0. The fourth-order valence-corrected chi connectivity index (χ4v) is 3.79. The lowest BCUT2D eigenvalue weighted by atomic mass is 10.1. The number of aromatic nitrogens is 2. The van der Waals surface area contributed by atoms with E-state index < -0.39 is 5.91 Å². The Morgan fingerprint density at radius 1 is 1.13 bits per heavy atom. The second-order valence-electron chi connectivity index (χ2n) is 7.18. The van der Waals surface area contributed by atoms with Crippen LogP contribution in [0.4, 0.5) is 5.69 Å². The van der Waals surface area contributed by atoms with Gasteiger partial charge in [-0.15, -0.1) is 0 Å². The minimum Gasteiger partial charge on any atom is -0.321 e. The number of anilines is 1. The number of pyridine rings is 1. The van der Waals surface area contributed by atoms with E-state index in [4.69, 9.17) is 11.6 Å². The third-order valence-electron chi connectivity index (χ3n) is 5.06. The third-order valence-corrected chi connectivity index (χ3v) is 5.30. The first-order valence-corrected chi connectivity index (χ1v) is 10.1. The molecule has 0 bridgehead atoms. The minimum atomic E-state index is -0.480. The largest absolute Gasteiger partial charge is 0.321 e. The zero-order chi connectivity index (χ0) is 22.0. The first-order valence-electron chi connectivity index (χ1n) is 9.69. The molecule has 0 saturated carbocycles. The number of amides is 1. The van der Waals surface area contributed by atoms with Crippen molar-refractivity contribution < 1.29 is 4.79 Å². The molecule has 4 aromatic rings. The molecule has 0 radical (unpaired) electrons. The van der Waals surface area contributed by atoms with Crippen LogP contribution in [0.2, 0.25) is 5.02 Å². The lowest BCUT2D eigenvalue weighted by Gasteiger charge is -2.11. The van der Waals surface area contributed by atoms with Crippen molar-refractivity contribution in [3.8, 4) is 11.8 Å². The van der Waals surface area contributed by atoms with Crippen LogP contribution in [0.5, 0.6) is 0 Å². The topological polar surface area (TPSA) is 70.7 Å². The van der Waals surface area contributed by atoms with Gasteiger partial charge >= 0.3 is 0 Å².